The molecule has 0 bridgehead atoms. The third-order valence-electron chi connectivity index (χ3n) is 4.07. The maximum atomic E-state index is 12.9. The van der Waals surface area contributed by atoms with Crippen molar-refractivity contribution in [2.75, 3.05) is 18.4 Å². The molecule has 1 fully saturated rings. The number of hydrogen-bond donors (Lipinski definition) is 1. The van der Waals surface area contributed by atoms with Gasteiger partial charge in [-0.05, 0) is 54.8 Å². The molecule has 3 rings (SSSR count). The van der Waals surface area contributed by atoms with Crippen molar-refractivity contribution in [3.8, 4) is 0 Å². The fraction of sp³-hybridized carbons (Fsp3) is 0.200. The lowest BCUT2D eigenvalue weighted by molar-refractivity contribution is -0.111. The first-order valence-corrected chi connectivity index (χ1v) is 8.26. The van der Waals surface area contributed by atoms with Crippen LogP contribution in [0.15, 0.2) is 54.6 Å². The molecule has 2 aromatic rings. The van der Waals surface area contributed by atoms with E-state index in [1.165, 1.54) is 18.2 Å². The minimum Gasteiger partial charge on any atom is -0.339 e. The Morgan fingerprint density at radius 3 is 2.48 bits per heavy atom. The highest BCUT2D eigenvalue weighted by Gasteiger charge is 2.19. The number of carbonyl (C=O) groups excluding carboxylic acids is 2. The van der Waals surface area contributed by atoms with Gasteiger partial charge in [0.25, 0.3) is 5.91 Å². The average Bonchev–Trinajstić information content (AvgIpc) is 3.15. The fourth-order valence-corrected chi connectivity index (χ4v) is 2.76. The van der Waals surface area contributed by atoms with Crippen LogP contribution in [0.1, 0.15) is 28.8 Å². The molecule has 2 amide bonds. The summed E-state index contributed by atoms with van der Waals surface area (Å²) in [7, 11) is 0. The zero-order chi connectivity index (χ0) is 17.6. The molecule has 0 saturated carbocycles. The Balaban J connectivity index is 1.64. The third-order valence-corrected chi connectivity index (χ3v) is 4.07. The maximum Gasteiger partial charge on any atom is 0.253 e. The quantitative estimate of drug-likeness (QED) is 0.864. The smallest absolute Gasteiger partial charge is 0.253 e. The molecule has 1 aliphatic heterocycles. The van der Waals surface area contributed by atoms with Gasteiger partial charge in [0.2, 0.25) is 5.91 Å². The predicted octanol–water partition coefficient (Wildman–Crippen LogP) is 3.71. The Morgan fingerprint density at radius 2 is 1.76 bits per heavy atom. The van der Waals surface area contributed by atoms with Crippen molar-refractivity contribution < 1.29 is 14.0 Å². The molecule has 1 aliphatic rings. The molecule has 0 spiro atoms. The minimum atomic E-state index is -0.318. The Hall–Kier alpha value is -2.95. The number of likely N-dealkylation sites (tertiary alicyclic amines) is 1. The van der Waals surface area contributed by atoms with E-state index >= 15 is 0 Å². The van der Waals surface area contributed by atoms with Gasteiger partial charge in [-0.15, -0.1) is 0 Å². The van der Waals surface area contributed by atoms with Crippen molar-refractivity contribution in [1.29, 1.82) is 0 Å². The monoisotopic (exact) mass is 338 g/mol. The zero-order valence-electron chi connectivity index (χ0n) is 13.7. The maximum absolute atomic E-state index is 12.9. The summed E-state index contributed by atoms with van der Waals surface area (Å²) in [6, 6.07) is 12.8. The van der Waals surface area contributed by atoms with Crippen LogP contribution in [0.4, 0.5) is 10.1 Å². The van der Waals surface area contributed by atoms with Gasteiger partial charge in [-0.25, -0.2) is 4.39 Å². The van der Waals surface area contributed by atoms with E-state index in [9.17, 15) is 14.0 Å². The lowest BCUT2D eigenvalue weighted by Crippen LogP contribution is -2.27. The van der Waals surface area contributed by atoms with Gasteiger partial charge in [-0.1, -0.05) is 18.2 Å². The lowest BCUT2D eigenvalue weighted by Gasteiger charge is -2.15. The van der Waals surface area contributed by atoms with E-state index in [1.54, 1.807) is 42.5 Å². The molecule has 25 heavy (non-hydrogen) atoms. The highest BCUT2D eigenvalue weighted by Crippen LogP contribution is 2.16. The van der Waals surface area contributed by atoms with Crippen molar-refractivity contribution in [1.82, 2.24) is 4.90 Å². The van der Waals surface area contributed by atoms with Crippen LogP contribution in [0.25, 0.3) is 6.08 Å². The molecular weight excluding hydrogens is 319 g/mol. The highest BCUT2D eigenvalue weighted by atomic mass is 19.1. The first kappa shape index (κ1) is 16.9. The number of hydrogen-bond acceptors (Lipinski definition) is 2. The normalized spacial score (nSPS) is 14.0. The van der Waals surface area contributed by atoms with E-state index in [1.807, 2.05) is 4.90 Å². The minimum absolute atomic E-state index is 0.00421. The summed E-state index contributed by atoms with van der Waals surface area (Å²) < 4.78 is 12.9. The van der Waals surface area contributed by atoms with Crippen molar-refractivity contribution in [2.45, 2.75) is 12.8 Å². The van der Waals surface area contributed by atoms with Crippen molar-refractivity contribution >= 4 is 23.6 Å². The van der Waals surface area contributed by atoms with E-state index in [4.69, 9.17) is 0 Å². The molecule has 0 atom stereocenters. The molecule has 1 N–H and O–H groups in total. The molecule has 2 aromatic carbocycles. The molecule has 0 radical (unpaired) electrons. The van der Waals surface area contributed by atoms with E-state index in [0.717, 1.165) is 31.5 Å². The first-order chi connectivity index (χ1) is 12.1. The standard InChI is InChI=1S/C20H19FN2O2/c21-17-9-6-15(7-10-17)8-11-19(24)22-18-5-3-4-16(14-18)20(25)23-12-1-2-13-23/h3-11,14H,1-2,12-13H2,(H,22,24). The number of benzene rings is 2. The molecular formula is C20H19FN2O2. The van der Waals surface area contributed by atoms with Gasteiger partial charge in [0.1, 0.15) is 5.82 Å². The van der Waals surface area contributed by atoms with Crippen LogP contribution in [-0.4, -0.2) is 29.8 Å². The molecule has 0 unspecified atom stereocenters. The Morgan fingerprint density at radius 1 is 1.04 bits per heavy atom. The first-order valence-electron chi connectivity index (χ1n) is 8.26. The van der Waals surface area contributed by atoms with E-state index in [0.29, 0.717) is 11.3 Å². The van der Waals surface area contributed by atoms with Gasteiger partial charge < -0.3 is 10.2 Å². The van der Waals surface area contributed by atoms with E-state index in [2.05, 4.69) is 5.32 Å². The highest BCUT2D eigenvalue weighted by molar-refractivity contribution is 6.03. The van der Waals surface area contributed by atoms with Crippen LogP contribution in [-0.2, 0) is 4.79 Å². The van der Waals surface area contributed by atoms with Crippen LogP contribution in [0.5, 0.6) is 0 Å². The summed E-state index contributed by atoms with van der Waals surface area (Å²) in [6.45, 7) is 1.58. The zero-order valence-corrected chi connectivity index (χ0v) is 13.7. The van der Waals surface area contributed by atoms with Crippen LogP contribution in [0.2, 0.25) is 0 Å². The molecule has 4 nitrogen and oxygen atoms in total. The summed E-state index contributed by atoms with van der Waals surface area (Å²) in [5, 5.41) is 2.74. The van der Waals surface area contributed by atoms with Gasteiger partial charge in [0.05, 0.1) is 0 Å². The number of anilines is 1. The Labute approximate surface area is 146 Å². The van der Waals surface area contributed by atoms with Crippen LogP contribution in [0, 0.1) is 5.82 Å². The van der Waals surface area contributed by atoms with E-state index in [-0.39, 0.29) is 17.6 Å². The van der Waals surface area contributed by atoms with E-state index < -0.39 is 0 Å². The molecule has 1 heterocycles. The third kappa shape index (κ3) is 4.53. The summed E-state index contributed by atoms with van der Waals surface area (Å²) in [6.07, 6.45) is 5.06. The topological polar surface area (TPSA) is 49.4 Å². The van der Waals surface area contributed by atoms with Gasteiger partial charge in [-0.2, -0.15) is 0 Å². The second-order valence-electron chi connectivity index (χ2n) is 5.95. The molecule has 128 valence electrons. The Kier molecular flexibility index (Phi) is 5.23. The van der Waals surface area contributed by atoms with Crippen LogP contribution in [0.3, 0.4) is 0 Å². The SMILES string of the molecule is O=C(C=Cc1ccc(F)cc1)Nc1cccc(C(=O)N2CCCC2)c1. The van der Waals surface area contributed by atoms with Crippen molar-refractivity contribution in [3.63, 3.8) is 0 Å². The number of carbonyl (C=O) groups is 2. The van der Waals surface area contributed by atoms with Crippen LogP contribution >= 0.6 is 0 Å². The lowest BCUT2D eigenvalue weighted by atomic mass is 10.1. The molecule has 1 saturated heterocycles. The number of amides is 2. The Bertz CT molecular complexity index is 794. The number of rotatable bonds is 4. The van der Waals surface area contributed by atoms with Gasteiger partial charge in [0, 0.05) is 30.4 Å². The average molecular weight is 338 g/mol. The molecule has 0 aliphatic carbocycles. The fourth-order valence-electron chi connectivity index (χ4n) is 2.76. The predicted molar refractivity (Wildman–Crippen MR) is 95.6 cm³/mol. The number of nitrogens with one attached hydrogen (secondary N) is 1. The van der Waals surface area contributed by atoms with Crippen LogP contribution < -0.4 is 5.32 Å². The number of halogens is 1. The summed E-state index contributed by atoms with van der Waals surface area (Å²) in [5.74, 6) is -0.633. The van der Waals surface area contributed by atoms with Gasteiger partial charge in [-0.3, -0.25) is 9.59 Å². The second kappa shape index (κ2) is 7.75. The van der Waals surface area contributed by atoms with Crippen molar-refractivity contribution in [2.24, 2.45) is 0 Å². The van der Waals surface area contributed by atoms with Gasteiger partial charge >= 0.3 is 0 Å². The summed E-state index contributed by atoms with van der Waals surface area (Å²) >= 11 is 0. The largest absolute Gasteiger partial charge is 0.339 e. The summed E-state index contributed by atoms with van der Waals surface area (Å²) in [4.78, 5) is 26.2. The van der Waals surface area contributed by atoms with Gasteiger partial charge in [0.15, 0.2) is 0 Å². The number of nitrogens with zero attached hydrogens (tertiary/aromatic N) is 1. The van der Waals surface area contributed by atoms with Crippen molar-refractivity contribution in [3.05, 3.63) is 71.6 Å². The second-order valence-corrected chi connectivity index (χ2v) is 5.95. The molecule has 5 heteroatoms. The summed E-state index contributed by atoms with van der Waals surface area (Å²) in [5.41, 5.74) is 1.87. The molecule has 0 aromatic heterocycles.